The highest BCUT2D eigenvalue weighted by Gasteiger charge is 2.23. The number of aromatic amines is 1. The van der Waals surface area contributed by atoms with Crippen molar-refractivity contribution in [3.63, 3.8) is 0 Å². The molecule has 0 spiro atoms. The van der Waals surface area contributed by atoms with Gasteiger partial charge in [-0.3, -0.25) is 9.36 Å². The molecule has 1 amide bonds. The maximum absolute atomic E-state index is 12.5. The Bertz CT molecular complexity index is 1280. The normalized spacial score (nSPS) is 12.2. The van der Waals surface area contributed by atoms with Gasteiger partial charge in [-0.25, -0.2) is 9.59 Å². The van der Waals surface area contributed by atoms with Crippen LogP contribution >= 0.6 is 0 Å². The van der Waals surface area contributed by atoms with Gasteiger partial charge < -0.3 is 19.5 Å². The first-order valence-electron chi connectivity index (χ1n) is 10.1. The number of esters is 1. The zero-order valence-corrected chi connectivity index (χ0v) is 17.1. The fourth-order valence-corrected chi connectivity index (χ4v) is 3.75. The Morgan fingerprint density at radius 2 is 1.94 bits per heavy atom. The summed E-state index contributed by atoms with van der Waals surface area (Å²) in [7, 11) is 1.30. The third-order valence-corrected chi connectivity index (χ3v) is 5.28. The minimum Gasteiger partial charge on any atom is -0.467 e. The van der Waals surface area contributed by atoms with Gasteiger partial charge in [0.1, 0.15) is 6.04 Å². The van der Waals surface area contributed by atoms with E-state index in [1.807, 2.05) is 36.5 Å². The maximum atomic E-state index is 12.5. The molecule has 2 N–H and O–H groups in total. The first kappa shape index (κ1) is 20.5. The molecule has 0 radical (unpaired) electrons. The number of benzene rings is 2. The van der Waals surface area contributed by atoms with Crippen LogP contribution in [0.25, 0.3) is 22.0 Å². The molecule has 4 rings (SSSR count). The van der Waals surface area contributed by atoms with E-state index in [4.69, 9.17) is 9.15 Å². The fourth-order valence-electron chi connectivity index (χ4n) is 3.75. The molecule has 0 saturated carbocycles. The number of nitrogens with zero attached hydrogens (tertiary/aromatic N) is 1. The molecule has 160 valence electrons. The molecule has 0 fully saturated rings. The van der Waals surface area contributed by atoms with Crippen molar-refractivity contribution < 1.29 is 18.7 Å². The summed E-state index contributed by atoms with van der Waals surface area (Å²) < 4.78 is 11.6. The second-order valence-corrected chi connectivity index (χ2v) is 7.30. The Morgan fingerprint density at radius 3 is 2.77 bits per heavy atom. The number of para-hydroxylation sites is 3. The molecule has 1 atom stereocenters. The van der Waals surface area contributed by atoms with Crippen LogP contribution in [0, 0.1) is 0 Å². The van der Waals surface area contributed by atoms with E-state index in [9.17, 15) is 14.4 Å². The van der Waals surface area contributed by atoms with Crippen LogP contribution in [-0.2, 0) is 27.3 Å². The topological polar surface area (TPSA) is 106 Å². The second kappa shape index (κ2) is 8.91. The number of H-pyrrole nitrogens is 1. The quantitative estimate of drug-likeness (QED) is 0.426. The lowest BCUT2D eigenvalue weighted by molar-refractivity contribution is -0.145. The summed E-state index contributed by atoms with van der Waals surface area (Å²) in [6.45, 7) is 0.342. The van der Waals surface area contributed by atoms with Crippen LogP contribution in [0.5, 0.6) is 0 Å². The standard InChI is InChI=1S/C23H23N3O5/c1-30-22(28)18(13-15-14-24-17-8-3-2-7-16(15)17)25-21(27)11-6-12-26-19-9-4-5-10-20(19)31-23(26)29/h2-5,7-10,14,18,24H,6,11-13H2,1H3,(H,25,27)/t18-/m1/s1. The van der Waals surface area contributed by atoms with Gasteiger partial charge in [0.15, 0.2) is 5.58 Å². The Morgan fingerprint density at radius 1 is 1.16 bits per heavy atom. The molecular formula is C23H23N3O5. The van der Waals surface area contributed by atoms with Crippen LogP contribution in [-0.4, -0.2) is 34.6 Å². The van der Waals surface area contributed by atoms with E-state index >= 15 is 0 Å². The molecule has 0 aliphatic carbocycles. The number of hydrogen-bond donors (Lipinski definition) is 2. The summed E-state index contributed by atoms with van der Waals surface area (Å²) in [5, 5.41) is 3.76. The molecule has 31 heavy (non-hydrogen) atoms. The average molecular weight is 421 g/mol. The van der Waals surface area contributed by atoms with Crippen molar-refractivity contribution in [3.05, 3.63) is 70.8 Å². The van der Waals surface area contributed by atoms with Crippen molar-refractivity contribution in [1.29, 1.82) is 0 Å². The summed E-state index contributed by atoms with van der Waals surface area (Å²) in [6, 6.07) is 14.1. The lowest BCUT2D eigenvalue weighted by atomic mass is 10.0. The van der Waals surface area contributed by atoms with Gasteiger partial charge in [0.05, 0.1) is 12.6 Å². The molecule has 4 aromatic rings. The van der Waals surface area contributed by atoms with Crippen molar-refractivity contribution in [2.45, 2.75) is 31.8 Å². The summed E-state index contributed by atoms with van der Waals surface area (Å²) >= 11 is 0. The Balaban J connectivity index is 1.39. The van der Waals surface area contributed by atoms with Crippen molar-refractivity contribution in [3.8, 4) is 0 Å². The first-order valence-corrected chi connectivity index (χ1v) is 10.1. The van der Waals surface area contributed by atoms with Crippen molar-refractivity contribution >= 4 is 33.9 Å². The number of amides is 1. The van der Waals surface area contributed by atoms with Crippen LogP contribution in [0.15, 0.2) is 63.9 Å². The Labute approximate surface area is 177 Å². The molecular weight excluding hydrogens is 398 g/mol. The van der Waals surface area contributed by atoms with E-state index in [1.54, 1.807) is 18.2 Å². The van der Waals surface area contributed by atoms with E-state index in [2.05, 4.69) is 10.3 Å². The van der Waals surface area contributed by atoms with Gasteiger partial charge in [0.2, 0.25) is 5.91 Å². The molecule has 0 bridgehead atoms. The first-order chi connectivity index (χ1) is 15.1. The summed E-state index contributed by atoms with van der Waals surface area (Å²) in [5.74, 6) is -1.24. The number of hydrogen-bond acceptors (Lipinski definition) is 5. The molecule has 8 nitrogen and oxygen atoms in total. The van der Waals surface area contributed by atoms with Gasteiger partial charge in [0.25, 0.3) is 0 Å². The van der Waals surface area contributed by atoms with Crippen LogP contribution < -0.4 is 11.1 Å². The van der Waals surface area contributed by atoms with Gasteiger partial charge in [-0.05, 0) is 30.2 Å². The zero-order valence-electron chi connectivity index (χ0n) is 17.1. The smallest absolute Gasteiger partial charge is 0.419 e. The van der Waals surface area contributed by atoms with Crippen LogP contribution in [0.1, 0.15) is 18.4 Å². The maximum Gasteiger partial charge on any atom is 0.419 e. The number of aromatic nitrogens is 2. The van der Waals surface area contributed by atoms with E-state index in [1.165, 1.54) is 11.7 Å². The predicted octanol–water partition coefficient (Wildman–Crippen LogP) is 2.76. The number of aryl methyl sites for hydroxylation is 1. The van der Waals surface area contributed by atoms with Gasteiger partial charge in [-0.15, -0.1) is 0 Å². The van der Waals surface area contributed by atoms with E-state index in [0.29, 0.717) is 30.5 Å². The van der Waals surface area contributed by atoms with Crippen molar-refractivity contribution in [2.24, 2.45) is 0 Å². The molecule has 0 saturated heterocycles. The van der Waals surface area contributed by atoms with Crippen molar-refractivity contribution in [1.82, 2.24) is 14.9 Å². The average Bonchev–Trinajstić information content (AvgIpc) is 3.33. The van der Waals surface area contributed by atoms with E-state index < -0.39 is 17.8 Å². The van der Waals surface area contributed by atoms with Gasteiger partial charge >= 0.3 is 11.7 Å². The molecule has 2 heterocycles. The van der Waals surface area contributed by atoms with Crippen LogP contribution in [0.4, 0.5) is 0 Å². The minimum atomic E-state index is -0.797. The SMILES string of the molecule is COC(=O)[C@@H](Cc1c[nH]c2ccccc12)NC(=O)CCCn1c(=O)oc2ccccc21. The lowest BCUT2D eigenvalue weighted by Gasteiger charge is -2.16. The predicted molar refractivity (Wildman–Crippen MR) is 116 cm³/mol. The number of carbonyl (C=O) groups excluding carboxylic acids is 2. The molecule has 2 aromatic carbocycles. The number of carbonyl (C=O) groups is 2. The summed E-state index contributed by atoms with van der Waals surface area (Å²) in [6.07, 6.45) is 2.74. The van der Waals surface area contributed by atoms with E-state index in [0.717, 1.165) is 16.5 Å². The Hall–Kier alpha value is -3.81. The van der Waals surface area contributed by atoms with Gasteiger partial charge in [0, 0.05) is 36.5 Å². The summed E-state index contributed by atoms with van der Waals surface area (Å²) in [5.41, 5.74) is 3.09. The summed E-state index contributed by atoms with van der Waals surface area (Å²) in [4.78, 5) is 40.0. The van der Waals surface area contributed by atoms with Gasteiger partial charge in [-0.1, -0.05) is 30.3 Å². The second-order valence-electron chi connectivity index (χ2n) is 7.30. The molecule has 8 heteroatoms. The largest absolute Gasteiger partial charge is 0.467 e. The third kappa shape index (κ3) is 4.37. The molecule has 0 aliphatic rings. The molecule has 2 aromatic heterocycles. The zero-order chi connectivity index (χ0) is 21.8. The lowest BCUT2D eigenvalue weighted by Crippen LogP contribution is -2.43. The Kier molecular flexibility index (Phi) is 5.88. The van der Waals surface area contributed by atoms with Crippen LogP contribution in [0.2, 0.25) is 0 Å². The number of fused-ring (bicyclic) bond motifs is 2. The monoisotopic (exact) mass is 421 g/mol. The highest BCUT2D eigenvalue weighted by Crippen LogP contribution is 2.19. The minimum absolute atomic E-state index is 0.160. The van der Waals surface area contributed by atoms with E-state index in [-0.39, 0.29) is 12.3 Å². The number of ether oxygens (including phenoxy) is 1. The van der Waals surface area contributed by atoms with Crippen LogP contribution in [0.3, 0.4) is 0 Å². The van der Waals surface area contributed by atoms with Gasteiger partial charge in [-0.2, -0.15) is 0 Å². The third-order valence-electron chi connectivity index (χ3n) is 5.28. The molecule has 0 unspecified atom stereocenters. The fraction of sp³-hybridized carbons (Fsp3) is 0.261. The highest BCUT2D eigenvalue weighted by atomic mass is 16.5. The number of nitrogens with one attached hydrogen (secondary N) is 2. The van der Waals surface area contributed by atoms with Crippen molar-refractivity contribution in [2.75, 3.05) is 7.11 Å². The number of rotatable bonds is 8. The highest BCUT2D eigenvalue weighted by molar-refractivity contribution is 5.87. The number of methoxy groups -OCH3 is 1. The number of oxazole rings is 1. The molecule has 0 aliphatic heterocycles.